The summed E-state index contributed by atoms with van der Waals surface area (Å²) in [5, 5.41) is 4.25. The fourth-order valence-electron chi connectivity index (χ4n) is 2.48. The third-order valence-electron chi connectivity index (χ3n) is 3.83. The molecule has 4 nitrogen and oxygen atoms in total. The minimum Gasteiger partial charge on any atom is -0.381 e. The number of ether oxygens (including phenoxy) is 1. The van der Waals surface area contributed by atoms with E-state index in [1.807, 2.05) is 30.5 Å². The zero-order valence-electron chi connectivity index (χ0n) is 11.0. The highest BCUT2D eigenvalue weighted by molar-refractivity contribution is 5.98. The molecule has 0 spiro atoms. The van der Waals surface area contributed by atoms with Crippen LogP contribution in [0.25, 0.3) is 10.9 Å². The molecule has 19 heavy (non-hydrogen) atoms. The van der Waals surface area contributed by atoms with Crippen LogP contribution in [0.5, 0.6) is 0 Å². The molecule has 4 heteroatoms. The second-order valence-corrected chi connectivity index (χ2v) is 5.41. The van der Waals surface area contributed by atoms with Gasteiger partial charge in [-0.1, -0.05) is 6.07 Å². The standard InChI is InChI=1S/C15H18N2O2/c1-15(5-8-19-9-6-15)17-14(18)12-3-2-11-4-7-16-13(11)10-12/h2-4,7,10,16H,5-6,8-9H2,1H3,(H,17,18). The van der Waals surface area contributed by atoms with Gasteiger partial charge in [-0.3, -0.25) is 4.79 Å². The van der Waals surface area contributed by atoms with Gasteiger partial charge in [-0.25, -0.2) is 0 Å². The third-order valence-corrected chi connectivity index (χ3v) is 3.83. The van der Waals surface area contributed by atoms with Crippen molar-refractivity contribution in [2.45, 2.75) is 25.3 Å². The van der Waals surface area contributed by atoms with Crippen LogP contribution in [0, 0.1) is 0 Å². The van der Waals surface area contributed by atoms with Gasteiger partial charge in [-0.05, 0) is 43.4 Å². The van der Waals surface area contributed by atoms with Crippen molar-refractivity contribution in [1.29, 1.82) is 0 Å². The van der Waals surface area contributed by atoms with Gasteiger partial charge in [0.1, 0.15) is 0 Å². The maximum absolute atomic E-state index is 12.3. The third kappa shape index (κ3) is 2.49. The Balaban J connectivity index is 1.79. The number of rotatable bonds is 2. The first-order valence-electron chi connectivity index (χ1n) is 6.64. The van der Waals surface area contributed by atoms with Crippen LogP contribution in [0.2, 0.25) is 0 Å². The van der Waals surface area contributed by atoms with E-state index in [0.717, 1.165) is 23.7 Å². The Bertz CT molecular complexity index is 597. The van der Waals surface area contributed by atoms with Crippen molar-refractivity contribution >= 4 is 16.8 Å². The van der Waals surface area contributed by atoms with E-state index >= 15 is 0 Å². The molecule has 100 valence electrons. The molecule has 1 aromatic carbocycles. The summed E-state index contributed by atoms with van der Waals surface area (Å²) in [6, 6.07) is 7.73. The largest absolute Gasteiger partial charge is 0.381 e. The average Bonchev–Trinajstić information content (AvgIpc) is 2.86. The number of H-pyrrole nitrogens is 1. The zero-order valence-corrected chi connectivity index (χ0v) is 11.0. The number of carbonyl (C=O) groups excluding carboxylic acids is 1. The van der Waals surface area contributed by atoms with Crippen LogP contribution < -0.4 is 5.32 Å². The predicted molar refractivity (Wildman–Crippen MR) is 74.2 cm³/mol. The van der Waals surface area contributed by atoms with Gasteiger partial charge in [0, 0.05) is 36.0 Å². The lowest BCUT2D eigenvalue weighted by molar-refractivity contribution is 0.0423. The molecule has 0 atom stereocenters. The lowest BCUT2D eigenvalue weighted by atomic mass is 9.92. The highest BCUT2D eigenvalue weighted by Gasteiger charge is 2.29. The lowest BCUT2D eigenvalue weighted by Crippen LogP contribution is -2.49. The van der Waals surface area contributed by atoms with E-state index in [0.29, 0.717) is 18.8 Å². The quantitative estimate of drug-likeness (QED) is 0.869. The molecule has 1 amide bonds. The Hall–Kier alpha value is -1.81. The number of fused-ring (bicyclic) bond motifs is 1. The minimum atomic E-state index is -0.153. The number of benzene rings is 1. The molecule has 2 aromatic rings. The highest BCUT2D eigenvalue weighted by Crippen LogP contribution is 2.21. The van der Waals surface area contributed by atoms with Gasteiger partial charge in [0.25, 0.3) is 5.91 Å². The molecule has 1 aliphatic heterocycles. The first-order chi connectivity index (χ1) is 9.16. The summed E-state index contributed by atoms with van der Waals surface area (Å²) in [5.41, 5.74) is 1.53. The van der Waals surface area contributed by atoms with Crippen LogP contribution in [0.4, 0.5) is 0 Å². The van der Waals surface area contributed by atoms with Gasteiger partial charge in [0.15, 0.2) is 0 Å². The predicted octanol–water partition coefficient (Wildman–Crippen LogP) is 2.47. The molecular formula is C15H18N2O2. The topological polar surface area (TPSA) is 54.1 Å². The Labute approximate surface area is 112 Å². The first-order valence-corrected chi connectivity index (χ1v) is 6.64. The number of hydrogen-bond acceptors (Lipinski definition) is 2. The Kier molecular flexibility index (Phi) is 3.03. The second kappa shape index (κ2) is 4.70. The molecule has 2 heterocycles. The minimum absolute atomic E-state index is 0.0131. The van der Waals surface area contributed by atoms with E-state index in [4.69, 9.17) is 4.74 Å². The van der Waals surface area contributed by atoms with E-state index in [2.05, 4.69) is 17.2 Å². The molecule has 0 radical (unpaired) electrons. The second-order valence-electron chi connectivity index (χ2n) is 5.41. The van der Waals surface area contributed by atoms with Gasteiger partial charge in [-0.15, -0.1) is 0 Å². The molecule has 1 fully saturated rings. The van der Waals surface area contributed by atoms with Crippen molar-refractivity contribution < 1.29 is 9.53 Å². The lowest BCUT2D eigenvalue weighted by Gasteiger charge is -2.34. The first kappa shape index (κ1) is 12.2. The van der Waals surface area contributed by atoms with Gasteiger partial charge in [0.05, 0.1) is 0 Å². The number of aromatic nitrogens is 1. The van der Waals surface area contributed by atoms with Gasteiger partial charge < -0.3 is 15.0 Å². The molecular weight excluding hydrogens is 240 g/mol. The van der Waals surface area contributed by atoms with Crippen LogP contribution >= 0.6 is 0 Å². The van der Waals surface area contributed by atoms with E-state index in [-0.39, 0.29) is 11.4 Å². The maximum atomic E-state index is 12.3. The van der Waals surface area contributed by atoms with Crippen molar-refractivity contribution in [3.63, 3.8) is 0 Å². The molecule has 0 unspecified atom stereocenters. The number of hydrogen-bond donors (Lipinski definition) is 2. The zero-order chi connectivity index (χ0) is 13.3. The van der Waals surface area contributed by atoms with Crippen LogP contribution in [0.1, 0.15) is 30.1 Å². The number of carbonyl (C=O) groups is 1. The fourth-order valence-corrected chi connectivity index (χ4v) is 2.48. The molecule has 3 rings (SSSR count). The van der Waals surface area contributed by atoms with Crippen LogP contribution in [-0.4, -0.2) is 29.6 Å². The molecule has 1 saturated heterocycles. The SMILES string of the molecule is CC1(NC(=O)c2ccc3cc[nH]c3c2)CCOCC1. The van der Waals surface area contributed by atoms with Crippen LogP contribution in [0.3, 0.4) is 0 Å². The molecule has 1 aromatic heterocycles. The highest BCUT2D eigenvalue weighted by atomic mass is 16.5. The summed E-state index contributed by atoms with van der Waals surface area (Å²) in [7, 11) is 0. The van der Waals surface area contributed by atoms with Gasteiger partial charge >= 0.3 is 0 Å². The fraction of sp³-hybridized carbons (Fsp3) is 0.400. The van der Waals surface area contributed by atoms with Gasteiger partial charge in [-0.2, -0.15) is 0 Å². The Morgan fingerprint density at radius 3 is 2.89 bits per heavy atom. The smallest absolute Gasteiger partial charge is 0.251 e. The number of nitrogens with one attached hydrogen (secondary N) is 2. The summed E-state index contributed by atoms with van der Waals surface area (Å²) in [4.78, 5) is 15.4. The van der Waals surface area contributed by atoms with E-state index < -0.39 is 0 Å². The van der Waals surface area contributed by atoms with E-state index in [1.54, 1.807) is 0 Å². The summed E-state index contributed by atoms with van der Waals surface area (Å²) in [6.45, 7) is 3.51. The van der Waals surface area contributed by atoms with E-state index in [1.165, 1.54) is 0 Å². The van der Waals surface area contributed by atoms with Crippen molar-refractivity contribution in [3.05, 3.63) is 36.0 Å². The maximum Gasteiger partial charge on any atom is 0.251 e. The Morgan fingerprint density at radius 1 is 1.32 bits per heavy atom. The van der Waals surface area contributed by atoms with E-state index in [9.17, 15) is 4.79 Å². The molecule has 0 saturated carbocycles. The average molecular weight is 258 g/mol. The van der Waals surface area contributed by atoms with Crippen LogP contribution in [-0.2, 0) is 4.74 Å². The molecule has 1 aliphatic rings. The molecule has 2 N–H and O–H groups in total. The monoisotopic (exact) mass is 258 g/mol. The van der Waals surface area contributed by atoms with Crippen molar-refractivity contribution in [2.24, 2.45) is 0 Å². The molecule has 0 bridgehead atoms. The summed E-state index contributed by atoms with van der Waals surface area (Å²) < 4.78 is 5.34. The number of aromatic amines is 1. The summed E-state index contributed by atoms with van der Waals surface area (Å²) >= 11 is 0. The van der Waals surface area contributed by atoms with Crippen molar-refractivity contribution in [3.8, 4) is 0 Å². The van der Waals surface area contributed by atoms with Crippen molar-refractivity contribution in [1.82, 2.24) is 10.3 Å². The normalized spacial score (nSPS) is 18.4. The Morgan fingerprint density at radius 2 is 2.11 bits per heavy atom. The molecule has 0 aliphatic carbocycles. The van der Waals surface area contributed by atoms with Gasteiger partial charge in [0.2, 0.25) is 0 Å². The number of amides is 1. The van der Waals surface area contributed by atoms with Crippen molar-refractivity contribution in [2.75, 3.05) is 13.2 Å². The summed E-state index contributed by atoms with van der Waals surface area (Å²) in [5.74, 6) is -0.0131. The van der Waals surface area contributed by atoms with Crippen LogP contribution in [0.15, 0.2) is 30.5 Å². The summed E-state index contributed by atoms with van der Waals surface area (Å²) in [6.07, 6.45) is 3.61.